The standard InChI is InChI=1S/C11H12N2O2S2/c1-8-3-2-4-10(11(8)12)17(14,15)6-9-5-13-7-16-9/h2-5,7H,6,12H2,1H3. The third-order valence-corrected chi connectivity index (χ3v) is 5.11. The van der Waals surface area contributed by atoms with Crippen molar-refractivity contribution in [2.75, 3.05) is 5.73 Å². The van der Waals surface area contributed by atoms with Crippen LogP contribution >= 0.6 is 11.3 Å². The summed E-state index contributed by atoms with van der Waals surface area (Å²) in [5, 5.41) is 0. The zero-order valence-corrected chi connectivity index (χ0v) is 10.9. The summed E-state index contributed by atoms with van der Waals surface area (Å²) >= 11 is 1.32. The molecule has 0 saturated carbocycles. The van der Waals surface area contributed by atoms with E-state index in [2.05, 4.69) is 4.98 Å². The van der Waals surface area contributed by atoms with E-state index in [1.807, 2.05) is 0 Å². The number of nitrogens with zero attached hydrogens (tertiary/aromatic N) is 1. The van der Waals surface area contributed by atoms with Crippen molar-refractivity contribution in [2.45, 2.75) is 17.6 Å². The van der Waals surface area contributed by atoms with Crippen LogP contribution in [0, 0.1) is 6.92 Å². The number of sulfone groups is 1. The number of hydrogen-bond acceptors (Lipinski definition) is 5. The Morgan fingerprint density at radius 2 is 2.18 bits per heavy atom. The first-order valence-electron chi connectivity index (χ1n) is 4.96. The van der Waals surface area contributed by atoms with Crippen LogP contribution in [0.15, 0.2) is 34.8 Å². The molecule has 17 heavy (non-hydrogen) atoms. The molecule has 2 aromatic rings. The lowest BCUT2D eigenvalue weighted by Gasteiger charge is -2.08. The average molecular weight is 268 g/mol. The van der Waals surface area contributed by atoms with Crippen LogP contribution in [0.3, 0.4) is 0 Å². The number of aryl methyl sites for hydroxylation is 1. The Hall–Kier alpha value is -1.40. The van der Waals surface area contributed by atoms with Gasteiger partial charge in [0, 0.05) is 11.1 Å². The van der Waals surface area contributed by atoms with E-state index in [0.29, 0.717) is 10.6 Å². The molecule has 0 radical (unpaired) electrons. The molecule has 0 fully saturated rings. The normalized spacial score (nSPS) is 11.6. The molecule has 2 N–H and O–H groups in total. The summed E-state index contributed by atoms with van der Waals surface area (Å²) in [5.41, 5.74) is 8.53. The molecule has 0 unspecified atom stereocenters. The fourth-order valence-electron chi connectivity index (χ4n) is 1.50. The molecule has 0 bridgehead atoms. The number of para-hydroxylation sites is 1. The number of anilines is 1. The first kappa shape index (κ1) is 12.1. The number of thiazole rings is 1. The van der Waals surface area contributed by atoms with Crippen molar-refractivity contribution in [3.05, 3.63) is 40.3 Å². The average Bonchev–Trinajstić information content (AvgIpc) is 2.73. The second-order valence-corrected chi connectivity index (χ2v) is 6.64. The maximum absolute atomic E-state index is 12.2. The minimum Gasteiger partial charge on any atom is -0.397 e. The summed E-state index contributed by atoms with van der Waals surface area (Å²) in [6.45, 7) is 1.79. The van der Waals surface area contributed by atoms with Crippen molar-refractivity contribution in [1.29, 1.82) is 0 Å². The van der Waals surface area contributed by atoms with Gasteiger partial charge in [0.15, 0.2) is 9.84 Å². The zero-order valence-electron chi connectivity index (χ0n) is 9.25. The molecule has 0 aliphatic carbocycles. The molecule has 0 spiro atoms. The molecule has 0 amide bonds. The third kappa shape index (κ3) is 2.48. The summed E-state index contributed by atoms with van der Waals surface area (Å²) < 4.78 is 24.3. The Bertz CT molecular complexity index is 619. The summed E-state index contributed by atoms with van der Waals surface area (Å²) in [7, 11) is -3.39. The summed E-state index contributed by atoms with van der Waals surface area (Å²) in [6, 6.07) is 5.03. The van der Waals surface area contributed by atoms with Gasteiger partial charge in [-0.15, -0.1) is 11.3 Å². The van der Waals surface area contributed by atoms with Gasteiger partial charge in [0.25, 0.3) is 0 Å². The largest absolute Gasteiger partial charge is 0.397 e. The third-order valence-electron chi connectivity index (χ3n) is 2.43. The van der Waals surface area contributed by atoms with E-state index in [1.54, 1.807) is 36.8 Å². The molecule has 0 aliphatic rings. The molecule has 6 heteroatoms. The first-order valence-corrected chi connectivity index (χ1v) is 7.49. The van der Waals surface area contributed by atoms with Gasteiger partial charge in [0.05, 0.1) is 21.8 Å². The van der Waals surface area contributed by atoms with Gasteiger partial charge < -0.3 is 5.73 Å². The monoisotopic (exact) mass is 268 g/mol. The SMILES string of the molecule is Cc1cccc(S(=O)(=O)Cc2cncs2)c1N. The van der Waals surface area contributed by atoms with Gasteiger partial charge in [-0.2, -0.15) is 0 Å². The Labute approximate surface area is 104 Å². The molecular formula is C11H12N2O2S2. The molecule has 4 nitrogen and oxygen atoms in total. The highest BCUT2D eigenvalue weighted by atomic mass is 32.2. The van der Waals surface area contributed by atoms with Crippen molar-refractivity contribution < 1.29 is 8.42 Å². The number of rotatable bonds is 3. The second kappa shape index (κ2) is 4.46. The summed E-state index contributed by atoms with van der Waals surface area (Å²) in [6.07, 6.45) is 1.56. The maximum Gasteiger partial charge on any atom is 0.185 e. The maximum atomic E-state index is 12.2. The summed E-state index contributed by atoms with van der Waals surface area (Å²) in [4.78, 5) is 4.78. The Kier molecular flexibility index (Phi) is 3.17. The van der Waals surface area contributed by atoms with E-state index < -0.39 is 9.84 Å². The molecule has 2 rings (SSSR count). The fraction of sp³-hybridized carbons (Fsp3) is 0.182. The molecule has 1 aromatic carbocycles. The van der Waals surface area contributed by atoms with Gasteiger partial charge in [-0.05, 0) is 18.6 Å². The number of hydrogen-bond donors (Lipinski definition) is 1. The van der Waals surface area contributed by atoms with Crippen LogP contribution in [0.2, 0.25) is 0 Å². The highest BCUT2D eigenvalue weighted by Crippen LogP contribution is 2.25. The number of aromatic nitrogens is 1. The predicted molar refractivity (Wildman–Crippen MR) is 68.6 cm³/mol. The van der Waals surface area contributed by atoms with Crippen LogP contribution < -0.4 is 5.73 Å². The van der Waals surface area contributed by atoms with E-state index in [4.69, 9.17) is 5.73 Å². The van der Waals surface area contributed by atoms with Crippen LogP contribution in [0.5, 0.6) is 0 Å². The molecule has 0 aliphatic heterocycles. The van der Waals surface area contributed by atoms with Gasteiger partial charge in [-0.1, -0.05) is 12.1 Å². The van der Waals surface area contributed by atoms with Crippen molar-refractivity contribution >= 4 is 26.9 Å². The lowest BCUT2D eigenvalue weighted by atomic mass is 10.2. The highest BCUT2D eigenvalue weighted by Gasteiger charge is 2.19. The quantitative estimate of drug-likeness (QED) is 0.864. The minimum atomic E-state index is -3.39. The van der Waals surface area contributed by atoms with Crippen molar-refractivity contribution in [1.82, 2.24) is 4.98 Å². The predicted octanol–water partition coefficient (Wildman–Crippen LogP) is 2.01. The van der Waals surface area contributed by atoms with Gasteiger partial charge in [-0.25, -0.2) is 8.42 Å². The van der Waals surface area contributed by atoms with Crippen LogP contribution in [0.1, 0.15) is 10.4 Å². The van der Waals surface area contributed by atoms with E-state index in [9.17, 15) is 8.42 Å². The molecule has 0 atom stereocenters. The smallest absolute Gasteiger partial charge is 0.185 e. The zero-order chi connectivity index (χ0) is 12.5. The fourth-order valence-corrected chi connectivity index (χ4v) is 4.01. The first-order chi connectivity index (χ1) is 8.00. The van der Waals surface area contributed by atoms with Crippen LogP contribution in [-0.2, 0) is 15.6 Å². The van der Waals surface area contributed by atoms with Crippen LogP contribution in [0.4, 0.5) is 5.69 Å². The molecule has 90 valence electrons. The van der Waals surface area contributed by atoms with Crippen molar-refractivity contribution in [3.63, 3.8) is 0 Å². The second-order valence-electron chi connectivity index (χ2n) is 3.71. The molecule has 1 aromatic heterocycles. The Morgan fingerprint density at radius 1 is 1.41 bits per heavy atom. The number of nitrogens with two attached hydrogens (primary N) is 1. The Balaban J connectivity index is 2.42. The minimum absolute atomic E-state index is 0.0503. The van der Waals surface area contributed by atoms with Gasteiger partial charge >= 0.3 is 0 Å². The van der Waals surface area contributed by atoms with E-state index >= 15 is 0 Å². The summed E-state index contributed by atoms with van der Waals surface area (Å²) in [5.74, 6) is -0.0503. The van der Waals surface area contributed by atoms with E-state index in [0.717, 1.165) is 5.56 Å². The molecular weight excluding hydrogens is 256 g/mol. The van der Waals surface area contributed by atoms with Gasteiger partial charge in [0.1, 0.15) is 0 Å². The number of nitrogen functional groups attached to an aromatic ring is 1. The van der Waals surface area contributed by atoms with E-state index in [1.165, 1.54) is 11.3 Å². The van der Waals surface area contributed by atoms with Gasteiger partial charge in [0.2, 0.25) is 0 Å². The van der Waals surface area contributed by atoms with Crippen LogP contribution in [0.25, 0.3) is 0 Å². The van der Waals surface area contributed by atoms with Gasteiger partial charge in [-0.3, -0.25) is 4.98 Å². The van der Waals surface area contributed by atoms with Crippen molar-refractivity contribution in [3.8, 4) is 0 Å². The Morgan fingerprint density at radius 3 is 2.82 bits per heavy atom. The van der Waals surface area contributed by atoms with Crippen molar-refractivity contribution in [2.24, 2.45) is 0 Å². The molecule has 1 heterocycles. The topological polar surface area (TPSA) is 73.0 Å². The lowest BCUT2D eigenvalue weighted by molar-refractivity contribution is 0.596. The van der Waals surface area contributed by atoms with E-state index in [-0.39, 0.29) is 10.6 Å². The van der Waals surface area contributed by atoms with Crippen LogP contribution in [-0.4, -0.2) is 13.4 Å². The highest BCUT2D eigenvalue weighted by molar-refractivity contribution is 7.91. The number of benzene rings is 1. The lowest BCUT2D eigenvalue weighted by Crippen LogP contribution is -2.08. The molecule has 0 saturated heterocycles.